The molecule has 156 valence electrons. The number of fused-ring (bicyclic) bond motifs is 1. The first-order valence-electron chi connectivity index (χ1n) is 8.92. The highest BCUT2D eigenvalue weighted by molar-refractivity contribution is 7.88. The third-order valence-electron chi connectivity index (χ3n) is 4.38. The second kappa shape index (κ2) is 8.74. The van der Waals surface area contributed by atoms with Crippen molar-refractivity contribution in [3.63, 3.8) is 0 Å². The van der Waals surface area contributed by atoms with E-state index >= 15 is 0 Å². The van der Waals surface area contributed by atoms with Crippen molar-refractivity contribution in [3.8, 4) is 0 Å². The average molecular weight is 445 g/mol. The molecule has 3 N–H and O–H groups in total. The number of nitrogens with zero attached hydrogens (tertiary/aromatic N) is 1. The van der Waals surface area contributed by atoms with Crippen LogP contribution in [0, 0.1) is 4.77 Å². The van der Waals surface area contributed by atoms with E-state index in [-0.39, 0.29) is 28.5 Å². The maximum absolute atomic E-state index is 12.6. The molecule has 0 spiro atoms. The van der Waals surface area contributed by atoms with Crippen LogP contribution in [0.4, 0.5) is 5.69 Å². The standard InChI is InChI=1S/C20H20N4O4S2/c1-3-10-21-30(27,28)12-13-4-7-15(8-5-13)22-18(25)14-6-9-16-17(11-14)23-20(29)24(2)19(16)26/h3-9,11,21H,1,10,12H2,2H3,(H,22,25)(H,23,29). The topological polar surface area (TPSA) is 113 Å². The summed E-state index contributed by atoms with van der Waals surface area (Å²) in [4.78, 5) is 27.7. The van der Waals surface area contributed by atoms with Gasteiger partial charge in [0, 0.05) is 24.8 Å². The van der Waals surface area contributed by atoms with E-state index in [1.54, 1.807) is 49.5 Å². The maximum Gasteiger partial charge on any atom is 0.261 e. The predicted octanol–water partition coefficient (Wildman–Crippen LogP) is 2.45. The van der Waals surface area contributed by atoms with E-state index in [2.05, 4.69) is 21.6 Å². The zero-order valence-electron chi connectivity index (χ0n) is 16.1. The number of amides is 1. The van der Waals surface area contributed by atoms with E-state index < -0.39 is 10.0 Å². The Morgan fingerprint density at radius 2 is 1.93 bits per heavy atom. The molecular formula is C20H20N4O4S2. The zero-order chi connectivity index (χ0) is 21.9. The third kappa shape index (κ3) is 4.90. The van der Waals surface area contributed by atoms with Crippen molar-refractivity contribution in [1.29, 1.82) is 0 Å². The van der Waals surface area contributed by atoms with Gasteiger partial charge in [-0.3, -0.25) is 14.2 Å². The molecule has 1 aromatic heterocycles. The fourth-order valence-electron chi connectivity index (χ4n) is 2.79. The second-order valence-electron chi connectivity index (χ2n) is 6.60. The highest BCUT2D eigenvalue weighted by Crippen LogP contribution is 2.15. The Bertz CT molecular complexity index is 1340. The van der Waals surface area contributed by atoms with Crippen LogP contribution >= 0.6 is 12.2 Å². The number of sulfonamides is 1. The smallest absolute Gasteiger partial charge is 0.261 e. The molecule has 1 amide bonds. The average Bonchev–Trinajstić information content (AvgIpc) is 2.71. The summed E-state index contributed by atoms with van der Waals surface area (Å²) in [6.45, 7) is 3.64. The van der Waals surface area contributed by atoms with Crippen LogP contribution < -0.4 is 15.6 Å². The minimum Gasteiger partial charge on any atom is -0.332 e. The summed E-state index contributed by atoms with van der Waals surface area (Å²) in [5, 5.41) is 3.18. The van der Waals surface area contributed by atoms with Gasteiger partial charge in [-0.1, -0.05) is 18.2 Å². The molecule has 0 fully saturated rings. The summed E-state index contributed by atoms with van der Waals surface area (Å²) in [6, 6.07) is 11.2. The van der Waals surface area contributed by atoms with E-state index in [1.807, 2.05) is 0 Å². The molecule has 0 bridgehead atoms. The summed E-state index contributed by atoms with van der Waals surface area (Å²) in [5.74, 6) is -0.543. The maximum atomic E-state index is 12.6. The van der Waals surface area contributed by atoms with Crippen LogP contribution in [-0.2, 0) is 22.8 Å². The normalized spacial score (nSPS) is 11.4. The molecule has 0 saturated carbocycles. The molecule has 1 heterocycles. The van der Waals surface area contributed by atoms with Crippen molar-refractivity contribution >= 4 is 44.7 Å². The number of aromatic amines is 1. The fourth-order valence-corrected chi connectivity index (χ4v) is 4.09. The molecule has 8 nitrogen and oxygen atoms in total. The Balaban J connectivity index is 1.76. The van der Waals surface area contributed by atoms with E-state index in [1.165, 1.54) is 10.6 Å². The number of H-pyrrole nitrogens is 1. The van der Waals surface area contributed by atoms with Gasteiger partial charge in [0.2, 0.25) is 10.0 Å². The van der Waals surface area contributed by atoms with Crippen molar-refractivity contribution in [2.75, 3.05) is 11.9 Å². The van der Waals surface area contributed by atoms with Crippen molar-refractivity contribution in [2.45, 2.75) is 5.75 Å². The van der Waals surface area contributed by atoms with E-state index in [0.29, 0.717) is 27.7 Å². The van der Waals surface area contributed by atoms with Gasteiger partial charge in [0.25, 0.3) is 11.5 Å². The molecule has 10 heteroatoms. The molecule has 0 radical (unpaired) electrons. The number of nitrogens with one attached hydrogen (secondary N) is 3. The summed E-state index contributed by atoms with van der Waals surface area (Å²) >= 11 is 5.11. The van der Waals surface area contributed by atoms with E-state index in [9.17, 15) is 18.0 Å². The van der Waals surface area contributed by atoms with Crippen molar-refractivity contribution in [1.82, 2.24) is 14.3 Å². The molecular weight excluding hydrogens is 424 g/mol. The Morgan fingerprint density at radius 3 is 2.60 bits per heavy atom. The Morgan fingerprint density at radius 1 is 1.23 bits per heavy atom. The molecule has 2 aromatic carbocycles. The quantitative estimate of drug-likeness (QED) is 0.383. The molecule has 0 unspecified atom stereocenters. The van der Waals surface area contributed by atoms with Gasteiger partial charge in [-0.05, 0) is 48.1 Å². The van der Waals surface area contributed by atoms with Crippen LogP contribution in [0.1, 0.15) is 15.9 Å². The Hall–Kier alpha value is -3.08. The first-order valence-corrected chi connectivity index (χ1v) is 11.0. The number of anilines is 1. The van der Waals surface area contributed by atoms with Crippen molar-refractivity contribution in [2.24, 2.45) is 7.05 Å². The number of hydrogen-bond donors (Lipinski definition) is 3. The van der Waals surface area contributed by atoms with Crippen LogP contribution in [0.2, 0.25) is 0 Å². The summed E-state index contributed by atoms with van der Waals surface area (Å²) in [5.41, 5.74) is 1.68. The van der Waals surface area contributed by atoms with Gasteiger partial charge in [-0.15, -0.1) is 6.58 Å². The Kier molecular flexibility index (Phi) is 6.30. The van der Waals surface area contributed by atoms with Crippen molar-refractivity contribution in [3.05, 3.63) is 81.4 Å². The summed E-state index contributed by atoms with van der Waals surface area (Å²) < 4.78 is 27.8. The van der Waals surface area contributed by atoms with E-state index in [0.717, 1.165) is 0 Å². The van der Waals surface area contributed by atoms with Gasteiger partial charge in [0.05, 0.1) is 16.7 Å². The lowest BCUT2D eigenvalue weighted by molar-refractivity contribution is 0.102. The predicted molar refractivity (Wildman–Crippen MR) is 120 cm³/mol. The van der Waals surface area contributed by atoms with E-state index in [4.69, 9.17) is 12.2 Å². The summed E-state index contributed by atoms with van der Waals surface area (Å²) in [6.07, 6.45) is 1.47. The molecule has 0 aliphatic heterocycles. The van der Waals surface area contributed by atoms with Crippen LogP contribution in [0.15, 0.2) is 59.9 Å². The lowest BCUT2D eigenvalue weighted by atomic mass is 10.1. The zero-order valence-corrected chi connectivity index (χ0v) is 17.8. The molecule has 0 atom stereocenters. The lowest BCUT2D eigenvalue weighted by Gasteiger charge is -2.09. The van der Waals surface area contributed by atoms with Gasteiger partial charge in [-0.2, -0.15) is 0 Å². The minimum absolute atomic E-state index is 0.165. The number of aromatic nitrogens is 2. The minimum atomic E-state index is -3.45. The fraction of sp³-hybridized carbons (Fsp3) is 0.150. The molecule has 0 aliphatic carbocycles. The van der Waals surface area contributed by atoms with Crippen LogP contribution in [-0.4, -0.2) is 30.4 Å². The van der Waals surface area contributed by atoms with Gasteiger partial charge in [0.15, 0.2) is 4.77 Å². The molecule has 0 aliphatic rings. The largest absolute Gasteiger partial charge is 0.332 e. The Labute approximate surface area is 178 Å². The van der Waals surface area contributed by atoms with Gasteiger partial charge in [0.1, 0.15) is 0 Å². The lowest BCUT2D eigenvalue weighted by Crippen LogP contribution is -2.25. The van der Waals surface area contributed by atoms with Gasteiger partial charge in [-0.25, -0.2) is 13.1 Å². The number of hydrogen-bond acceptors (Lipinski definition) is 5. The highest BCUT2D eigenvalue weighted by atomic mass is 32.2. The first-order chi connectivity index (χ1) is 14.2. The monoisotopic (exact) mass is 444 g/mol. The number of rotatable bonds is 7. The van der Waals surface area contributed by atoms with Crippen molar-refractivity contribution < 1.29 is 13.2 Å². The first kappa shape index (κ1) is 21.6. The van der Waals surface area contributed by atoms with Gasteiger partial charge < -0.3 is 10.3 Å². The third-order valence-corrected chi connectivity index (χ3v) is 6.07. The number of carbonyl (C=O) groups excluding carboxylic acids is 1. The number of benzene rings is 2. The van der Waals surface area contributed by atoms with Gasteiger partial charge >= 0.3 is 0 Å². The molecule has 3 aromatic rings. The number of carbonyl (C=O) groups is 1. The second-order valence-corrected chi connectivity index (χ2v) is 8.80. The van der Waals surface area contributed by atoms with Crippen LogP contribution in [0.5, 0.6) is 0 Å². The SMILES string of the molecule is C=CCNS(=O)(=O)Cc1ccc(NC(=O)c2ccc3c(=O)n(C)c(=S)[nH]c3c2)cc1. The molecule has 0 saturated heterocycles. The highest BCUT2D eigenvalue weighted by Gasteiger charge is 2.12. The molecule has 3 rings (SSSR count). The van der Waals surface area contributed by atoms with Crippen LogP contribution in [0.3, 0.4) is 0 Å². The van der Waals surface area contributed by atoms with Crippen LogP contribution in [0.25, 0.3) is 10.9 Å². The summed E-state index contributed by atoms with van der Waals surface area (Å²) in [7, 11) is -1.88. The molecule has 30 heavy (non-hydrogen) atoms.